The summed E-state index contributed by atoms with van der Waals surface area (Å²) in [7, 11) is -1.55. The van der Waals surface area contributed by atoms with Crippen LogP contribution in [0.25, 0.3) is 5.57 Å². The second-order valence-corrected chi connectivity index (χ2v) is 13.1. The van der Waals surface area contributed by atoms with Crippen LogP contribution in [-0.2, 0) is 0 Å². The van der Waals surface area contributed by atoms with E-state index >= 15 is 0 Å². The first-order chi connectivity index (χ1) is 10.8. The van der Waals surface area contributed by atoms with Crippen molar-refractivity contribution in [2.24, 2.45) is 0 Å². The summed E-state index contributed by atoms with van der Waals surface area (Å²) in [5.41, 5.74) is 8.44. The zero-order chi connectivity index (χ0) is 17.5. The van der Waals surface area contributed by atoms with Gasteiger partial charge in [-0.1, -0.05) is 78.5 Å². The monoisotopic (exact) mass is 326 g/mol. The fourth-order valence-corrected chi connectivity index (χ4v) is 9.15. The first-order valence-electron chi connectivity index (χ1n) is 9.05. The molecule has 0 N–H and O–H groups in total. The lowest BCUT2D eigenvalue weighted by Crippen LogP contribution is -2.43. The van der Waals surface area contributed by atoms with Crippen LogP contribution in [0, 0.1) is 11.5 Å². The molecule has 0 spiro atoms. The van der Waals surface area contributed by atoms with Gasteiger partial charge in [0.05, 0.1) is 0 Å². The van der Waals surface area contributed by atoms with Gasteiger partial charge in [0.25, 0.3) is 0 Å². The second kappa shape index (κ2) is 9.14. The molecular weight excluding hydrogens is 292 g/mol. The molecule has 0 aromatic heterocycles. The van der Waals surface area contributed by atoms with Gasteiger partial charge in [0.2, 0.25) is 0 Å². The van der Waals surface area contributed by atoms with E-state index in [4.69, 9.17) is 0 Å². The Hall–Kier alpha value is -1.26. The number of benzene rings is 1. The van der Waals surface area contributed by atoms with Gasteiger partial charge in [-0.3, -0.25) is 0 Å². The molecule has 0 amide bonds. The standard InChI is InChI=1S/C22H34Si/c1-18(2)23(19(3)4,20(5)6)17-13-9-10-14-21(7)22-15-11-8-12-16-22/h8,11-12,15-16,18-20H,7,9-10,14H2,1-6H3. The van der Waals surface area contributed by atoms with Crippen molar-refractivity contribution in [3.63, 3.8) is 0 Å². The van der Waals surface area contributed by atoms with E-state index in [9.17, 15) is 0 Å². The summed E-state index contributed by atoms with van der Waals surface area (Å²) in [6.45, 7) is 18.5. The van der Waals surface area contributed by atoms with E-state index in [2.05, 4.69) is 89.9 Å². The Morgan fingerprint density at radius 1 is 0.957 bits per heavy atom. The summed E-state index contributed by atoms with van der Waals surface area (Å²) in [6.07, 6.45) is 3.14. The van der Waals surface area contributed by atoms with E-state index in [1.165, 1.54) is 11.1 Å². The Bertz CT molecular complexity index is 519. The molecule has 0 radical (unpaired) electrons. The molecule has 0 nitrogen and oxygen atoms in total. The highest BCUT2D eigenvalue weighted by atomic mass is 28.3. The zero-order valence-electron chi connectivity index (χ0n) is 15.9. The van der Waals surface area contributed by atoms with Crippen molar-refractivity contribution in [2.75, 3.05) is 0 Å². The molecule has 0 aliphatic heterocycles. The molecule has 0 heterocycles. The summed E-state index contributed by atoms with van der Waals surface area (Å²) in [6, 6.07) is 10.5. The molecule has 1 aromatic carbocycles. The highest BCUT2D eigenvalue weighted by Gasteiger charge is 2.41. The number of allylic oxidation sites excluding steroid dienone is 1. The molecular formula is C22H34Si. The largest absolute Gasteiger partial charge is 0.145 e. The topological polar surface area (TPSA) is 0 Å². The van der Waals surface area contributed by atoms with Crippen molar-refractivity contribution in [1.82, 2.24) is 0 Å². The summed E-state index contributed by atoms with van der Waals surface area (Å²) in [5.74, 6) is 3.55. The minimum Gasteiger partial charge on any atom is -0.130 e. The van der Waals surface area contributed by atoms with Crippen LogP contribution in [0.15, 0.2) is 36.9 Å². The number of rotatable bonds is 7. The van der Waals surface area contributed by atoms with Gasteiger partial charge in [0.1, 0.15) is 8.07 Å². The predicted octanol–water partition coefficient (Wildman–Crippen LogP) is 7.09. The van der Waals surface area contributed by atoms with Gasteiger partial charge in [-0.05, 0) is 40.6 Å². The lowest BCUT2D eigenvalue weighted by molar-refractivity contribution is 0.837. The van der Waals surface area contributed by atoms with Crippen LogP contribution >= 0.6 is 0 Å². The normalized spacial score (nSPS) is 11.7. The van der Waals surface area contributed by atoms with Crippen LogP contribution in [0.3, 0.4) is 0 Å². The van der Waals surface area contributed by atoms with E-state index in [0.29, 0.717) is 16.6 Å². The number of unbranched alkanes of at least 4 members (excludes halogenated alkanes) is 1. The second-order valence-electron chi connectivity index (χ2n) is 7.52. The predicted molar refractivity (Wildman–Crippen MR) is 108 cm³/mol. The molecule has 0 bridgehead atoms. The third-order valence-electron chi connectivity index (χ3n) is 5.13. The molecule has 1 heteroatoms. The van der Waals surface area contributed by atoms with Crippen LogP contribution in [0.1, 0.15) is 66.4 Å². The fourth-order valence-electron chi connectivity index (χ4n) is 3.86. The van der Waals surface area contributed by atoms with Crippen LogP contribution in [0.2, 0.25) is 16.6 Å². The average Bonchev–Trinajstić information content (AvgIpc) is 2.50. The van der Waals surface area contributed by atoms with E-state index in [1.807, 2.05) is 0 Å². The Kier molecular flexibility index (Phi) is 7.86. The maximum atomic E-state index is 4.22. The van der Waals surface area contributed by atoms with E-state index < -0.39 is 8.07 Å². The number of hydrogen-bond donors (Lipinski definition) is 0. The van der Waals surface area contributed by atoms with Crippen molar-refractivity contribution >= 4 is 13.6 Å². The van der Waals surface area contributed by atoms with Crippen molar-refractivity contribution in [3.05, 3.63) is 42.5 Å². The lowest BCUT2D eigenvalue weighted by atomic mass is 10.0. The molecule has 1 rings (SSSR count). The summed E-state index contributed by atoms with van der Waals surface area (Å²) >= 11 is 0. The number of hydrogen-bond acceptors (Lipinski definition) is 0. The molecule has 0 fully saturated rings. The molecule has 0 saturated heterocycles. The molecule has 0 unspecified atom stereocenters. The molecule has 0 atom stereocenters. The van der Waals surface area contributed by atoms with Crippen molar-refractivity contribution < 1.29 is 0 Å². The average molecular weight is 327 g/mol. The fraction of sp³-hybridized carbons (Fsp3) is 0.545. The van der Waals surface area contributed by atoms with Crippen LogP contribution in [-0.4, -0.2) is 8.07 Å². The first-order valence-corrected chi connectivity index (χ1v) is 11.3. The summed E-state index contributed by atoms with van der Waals surface area (Å²) in [5, 5.41) is 0. The van der Waals surface area contributed by atoms with Gasteiger partial charge >= 0.3 is 0 Å². The van der Waals surface area contributed by atoms with Gasteiger partial charge in [0, 0.05) is 6.42 Å². The molecule has 23 heavy (non-hydrogen) atoms. The molecule has 126 valence electrons. The highest BCUT2D eigenvalue weighted by molar-refractivity contribution is 6.90. The quantitative estimate of drug-likeness (QED) is 0.285. The van der Waals surface area contributed by atoms with Crippen molar-refractivity contribution in [2.45, 2.75) is 77.4 Å². The SMILES string of the molecule is C=C(CCCC#C[Si](C(C)C)(C(C)C)C(C)C)c1ccccc1. The van der Waals surface area contributed by atoms with Crippen LogP contribution < -0.4 is 0 Å². The minimum absolute atomic E-state index is 0.717. The van der Waals surface area contributed by atoms with Gasteiger partial charge in [-0.2, -0.15) is 0 Å². The maximum Gasteiger partial charge on any atom is 0.145 e. The zero-order valence-corrected chi connectivity index (χ0v) is 16.9. The van der Waals surface area contributed by atoms with Gasteiger partial charge in [-0.25, -0.2) is 0 Å². The van der Waals surface area contributed by atoms with E-state index in [1.54, 1.807) is 0 Å². The molecule has 0 aliphatic rings. The molecule has 1 aromatic rings. The Balaban J connectivity index is 2.64. The van der Waals surface area contributed by atoms with E-state index in [0.717, 1.165) is 19.3 Å². The van der Waals surface area contributed by atoms with E-state index in [-0.39, 0.29) is 0 Å². The van der Waals surface area contributed by atoms with Crippen molar-refractivity contribution in [3.8, 4) is 11.5 Å². The third kappa shape index (κ3) is 5.11. The van der Waals surface area contributed by atoms with Gasteiger partial charge < -0.3 is 0 Å². The highest BCUT2D eigenvalue weighted by Crippen LogP contribution is 2.40. The Morgan fingerprint density at radius 3 is 1.96 bits per heavy atom. The third-order valence-corrected chi connectivity index (χ3v) is 11.5. The maximum absolute atomic E-state index is 4.22. The van der Waals surface area contributed by atoms with Gasteiger partial charge in [0.15, 0.2) is 0 Å². The first kappa shape index (κ1) is 19.8. The molecule has 0 saturated carbocycles. The van der Waals surface area contributed by atoms with Crippen LogP contribution in [0.4, 0.5) is 0 Å². The Labute approximate surface area is 145 Å². The van der Waals surface area contributed by atoms with Gasteiger partial charge in [-0.15, -0.1) is 11.5 Å². The smallest absolute Gasteiger partial charge is 0.130 e. The molecule has 0 aliphatic carbocycles. The van der Waals surface area contributed by atoms with Crippen molar-refractivity contribution in [1.29, 1.82) is 0 Å². The minimum atomic E-state index is -1.55. The lowest BCUT2D eigenvalue weighted by Gasteiger charge is -2.38. The Morgan fingerprint density at radius 2 is 1.48 bits per heavy atom. The summed E-state index contributed by atoms with van der Waals surface area (Å²) < 4.78 is 0. The summed E-state index contributed by atoms with van der Waals surface area (Å²) in [4.78, 5) is 0. The van der Waals surface area contributed by atoms with Crippen LogP contribution in [0.5, 0.6) is 0 Å².